The molecule has 6 nitrogen and oxygen atoms in total. The third-order valence-electron chi connectivity index (χ3n) is 3.11. The molecule has 3 rings (SSSR count). The average molecular weight is 275 g/mol. The van der Waals surface area contributed by atoms with E-state index >= 15 is 0 Å². The first kappa shape index (κ1) is 12.0. The van der Waals surface area contributed by atoms with E-state index in [-0.39, 0.29) is 0 Å². The van der Waals surface area contributed by atoms with Crippen molar-refractivity contribution in [1.29, 1.82) is 5.26 Å². The molecule has 1 aliphatic rings. The Labute approximate surface area is 114 Å². The number of hydrogen-bond donors (Lipinski definition) is 2. The first-order valence-electron chi connectivity index (χ1n) is 6.11. The minimum Gasteiger partial charge on any atom is -0.397 e. The number of nitrogen functional groups attached to an aromatic ring is 1. The molecule has 0 saturated heterocycles. The highest BCUT2D eigenvalue weighted by Gasteiger charge is 2.31. The van der Waals surface area contributed by atoms with Crippen LogP contribution in [0.5, 0.6) is 0 Å². The zero-order valence-electron chi connectivity index (χ0n) is 10.2. The summed E-state index contributed by atoms with van der Waals surface area (Å²) >= 11 is 1.43. The van der Waals surface area contributed by atoms with E-state index in [0.29, 0.717) is 35.3 Å². The van der Waals surface area contributed by atoms with Gasteiger partial charge in [-0.25, -0.2) is 0 Å². The number of nitrogens with two attached hydrogens (primary N) is 1. The molecule has 0 aliphatic heterocycles. The Morgan fingerprint density at radius 1 is 1.58 bits per heavy atom. The average Bonchev–Trinajstić information content (AvgIpc) is 3.00. The van der Waals surface area contributed by atoms with Crippen LogP contribution in [0.25, 0.3) is 0 Å². The van der Waals surface area contributed by atoms with Crippen LogP contribution in [-0.2, 0) is 6.42 Å². The van der Waals surface area contributed by atoms with Crippen LogP contribution in [0.4, 0.5) is 10.7 Å². The predicted molar refractivity (Wildman–Crippen MR) is 71.9 cm³/mol. The summed E-state index contributed by atoms with van der Waals surface area (Å²) < 4.78 is 4.68. The van der Waals surface area contributed by atoms with Crippen LogP contribution in [0, 0.1) is 11.3 Å². The first-order valence-corrected chi connectivity index (χ1v) is 6.92. The van der Waals surface area contributed by atoms with E-state index in [4.69, 9.17) is 11.0 Å². The van der Waals surface area contributed by atoms with Crippen molar-refractivity contribution in [3.8, 4) is 6.07 Å². The molecule has 0 amide bonds. The van der Waals surface area contributed by atoms with Crippen molar-refractivity contribution < 1.29 is 4.52 Å². The lowest BCUT2D eigenvalue weighted by molar-refractivity contribution is 0.410. The minimum atomic E-state index is 0.519. The SMILES string of the molecule is N#Cc1sc(NCCc2ncon2)c(C2CC2)c1N. The Balaban J connectivity index is 1.71. The van der Waals surface area contributed by atoms with E-state index in [1.54, 1.807) is 0 Å². The molecule has 2 aromatic rings. The van der Waals surface area contributed by atoms with Gasteiger partial charge in [-0.2, -0.15) is 10.2 Å². The monoisotopic (exact) mass is 275 g/mol. The Morgan fingerprint density at radius 2 is 2.42 bits per heavy atom. The van der Waals surface area contributed by atoms with Crippen molar-refractivity contribution in [2.45, 2.75) is 25.2 Å². The maximum absolute atomic E-state index is 9.05. The molecule has 98 valence electrons. The Kier molecular flexibility index (Phi) is 3.09. The maximum Gasteiger partial charge on any atom is 0.213 e. The fourth-order valence-corrected chi connectivity index (χ4v) is 3.07. The van der Waals surface area contributed by atoms with Crippen molar-refractivity contribution in [3.63, 3.8) is 0 Å². The number of thiophene rings is 1. The molecule has 1 saturated carbocycles. The third kappa shape index (κ3) is 2.39. The molecule has 7 heteroatoms. The van der Waals surface area contributed by atoms with Gasteiger partial charge in [0.25, 0.3) is 0 Å². The normalized spacial score (nSPS) is 14.3. The van der Waals surface area contributed by atoms with Gasteiger partial charge in [-0.3, -0.25) is 0 Å². The van der Waals surface area contributed by atoms with E-state index in [9.17, 15) is 0 Å². The molecular formula is C12H13N5OS. The lowest BCUT2D eigenvalue weighted by Gasteiger charge is -2.05. The summed E-state index contributed by atoms with van der Waals surface area (Å²) in [5, 5.41) is 17.2. The fraction of sp³-hybridized carbons (Fsp3) is 0.417. The van der Waals surface area contributed by atoms with Gasteiger partial charge in [0.2, 0.25) is 6.39 Å². The highest BCUT2D eigenvalue weighted by atomic mass is 32.1. The van der Waals surface area contributed by atoms with Crippen molar-refractivity contribution in [3.05, 3.63) is 22.7 Å². The summed E-state index contributed by atoms with van der Waals surface area (Å²) in [4.78, 5) is 4.57. The quantitative estimate of drug-likeness (QED) is 0.866. The topological polar surface area (TPSA) is 101 Å². The number of aromatic nitrogens is 2. The molecule has 2 aromatic heterocycles. The van der Waals surface area contributed by atoms with Crippen LogP contribution in [0.3, 0.4) is 0 Å². The zero-order chi connectivity index (χ0) is 13.2. The highest BCUT2D eigenvalue weighted by molar-refractivity contribution is 7.17. The fourth-order valence-electron chi connectivity index (χ4n) is 2.04. The van der Waals surface area contributed by atoms with E-state index in [2.05, 4.69) is 26.0 Å². The predicted octanol–water partition coefficient (Wildman–Crippen LogP) is 2.12. The molecule has 3 N–H and O–H groups in total. The molecule has 1 fully saturated rings. The summed E-state index contributed by atoms with van der Waals surface area (Å²) in [5.41, 5.74) is 7.80. The molecular weight excluding hydrogens is 262 g/mol. The number of nitrogens with one attached hydrogen (secondary N) is 1. The van der Waals surface area contributed by atoms with Gasteiger partial charge in [-0.15, -0.1) is 11.3 Å². The summed E-state index contributed by atoms with van der Waals surface area (Å²) in [6, 6.07) is 2.16. The van der Waals surface area contributed by atoms with Crippen molar-refractivity contribution in [2.75, 3.05) is 17.6 Å². The van der Waals surface area contributed by atoms with Gasteiger partial charge >= 0.3 is 0 Å². The lowest BCUT2D eigenvalue weighted by atomic mass is 10.1. The van der Waals surface area contributed by atoms with Crippen LogP contribution < -0.4 is 11.1 Å². The van der Waals surface area contributed by atoms with Gasteiger partial charge in [-0.05, 0) is 18.8 Å². The highest BCUT2D eigenvalue weighted by Crippen LogP contribution is 2.50. The Morgan fingerprint density at radius 3 is 3.05 bits per heavy atom. The van der Waals surface area contributed by atoms with E-state index in [1.807, 2.05) is 0 Å². The van der Waals surface area contributed by atoms with Gasteiger partial charge in [0, 0.05) is 18.5 Å². The second-order valence-corrected chi connectivity index (χ2v) is 5.52. The van der Waals surface area contributed by atoms with Crippen molar-refractivity contribution in [1.82, 2.24) is 10.1 Å². The van der Waals surface area contributed by atoms with Crippen LogP contribution in [0.15, 0.2) is 10.9 Å². The van der Waals surface area contributed by atoms with Gasteiger partial charge in [0.05, 0.1) is 10.7 Å². The molecule has 0 aromatic carbocycles. The van der Waals surface area contributed by atoms with Crippen molar-refractivity contribution >= 4 is 22.0 Å². The molecule has 0 bridgehead atoms. The second kappa shape index (κ2) is 4.90. The molecule has 1 aliphatic carbocycles. The van der Waals surface area contributed by atoms with Crippen LogP contribution in [-0.4, -0.2) is 16.7 Å². The molecule has 19 heavy (non-hydrogen) atoms. The molecule has 0 atom stereocenters. The first-order chi connectivity index (χ1) is 9.29. The molecule has 0 radical (unpaired) electrons. The van der Waals surface area contributed by atoms with Crippen LogP contribution in [0.1, 0.15) is 35.0 Å². The largest absolute Gasteiger partial charge is 0.397 e. The zero-order valence-corrected chi connectivity index (χ0v) is 11.0. The number of anilines is 2. The van der Waals surface area contributed by atoms with Crippen LogP contribution >= 0.6 is 11.3 Å². The van der Waals surface area contributed by atoms with Gasteiger partial charge in [0.1, 0.15) is 10.9 Å². The van der Waals surface area contributed by atoms with E-state index in [1.165, 1.54) is 17.7 Å². The lowest BCUT2D eigenvalue weighted by Crippen LogP contribution is -2.06. The molecule has 2 heterocycles. The Bertz CT molecular complexity index is 609. The Hall–Kier alpha value is -2.07. The van der Waals surface area contributed by atoms with Gasteiger partial charge in [0.15, 0.2) is 5.82 Å². The number of hydrogen-bond acceptors (Lipinski definition) is 7. The maximum atomic E-state index is 9.05. The third-order valence-corrected chi connectivity index (χ3v) is 4.20. The smallest absolute Gasteiger partial charge is 0.213 e. The van der Waals surface area contributed by atoms with E-state index < -0.39 is 0 Å². The van der Waals surface area contributed by atoms with Crippen LogP contribution in [0.2, 0.25) is 0 Å². The van der Waals surface area contributed by atoms with E-state index in [0.717, 1.165) is 23.4 Å². The minimum absolute atomic E-state index is 0.519. The van der Waals surface area contributed by atoms with Gasteiger partial charge in [-0.1, -0.05) is 5.16 Å². The summed E-state index contributed by atoms with van der Waals surface area (Å²) in [6.07, 6.45) is 4.32. The van der Waals surface area contributed by atoms with Gasteiger partial charge < -0.3 is 15.6 Å². The number of nitrogens with zero attached hydrogens (tertiary/aromatic N) is 3. The molecule has 0 spiro atoms. The molecule has 0 unspecified atom stereocenters. The summed E-state index contributed by atoms with van der Waals surface area (Å²) in [6.45, 7) is 0.698. The van der Waals surface area contributed by atoms with Crippen molar-refractivity contribution in [2.24, 2.45) is 0 Å². The standard InChI is InChI=1S/C12H13N5OS/c13-5-8-11(14)10(7-1-2-7)12(19-8)15-4-3-9-16-6-18-17-9/h6-7,15H,1-4,14H2. The summed E-state index contributed by atoms with van der Waals surface area (Å²) in [7, 11) is 0. The second-order valence-electron chi connectivity index (χ2n) is 4.50. The number of rotatable bonds is 5. The summed E-state index contributed by atoms with van der Waals surface area (Å²) in [5.74, 6) is 1.19. The number of nitriles is 1.